The molecule has 446 valence electrons. The number of benzene rings is 6. The Morgan fingerprint density at radius 2 is 0.818 bits per heavy atom. The van der Waals surface area contributed by atoms with Gasteiger partial charge < -0.3 is 19.7 Å². The van der Waals surface area contributed by atoms with Crippen LogP contribution in [0.5, 0.6) is 5.75 Å². The van der Waals surface area contributed by atoms with E-state index in [-0.39, 0.29) is 34.4 Å². The molecular weight excluding hydrogens is 1120 g/mol. The summed E-state index contributed by atoms with van der Waals surface area (Å²) in [5, 5.41) is 10.1. The summed E-state index contributed by atoms with van der Waals surface area (Å²) in [5.74, 6) is 1.17. The fraction of sp³-hybridized carbons (Fsp3) is 0.247. The number of H-pyrrole nitrogens is 6. The van der Waals surface area contributed by atoms with E-state index in [1.807, 2.05) is 128 Å². The fourth-order valence-corrected chi connectivity index (χ4v) is 12.7. The van der Waals surface area contributed by atoms with Gasteiger partial charge in [0.2, 0.25) is 0 Å². The van der Waals surface area contributed by atoms with E-state index in [0.717, 1.165) is 136 Å². The number of aromatic nitrogens is 6. The van der Waals surface area contributed by atoms with Gasteiger partial charge in [-0.1, -0.05) is 163 Å². The fourth-order valence-electron chi connectivity index (χ4n) is 12.4. The van der Waals surface area contributed by atoms with Crippen LogP contribution in [0.15, 0.2) is 199 Å². The Hall–Kier alpha value is -9.84. The molecule has 3 aliphatic rings. The summed E-state index contributed by atoms with van der Waals surface area (Å²) in [5.41, 5.74) is 14.8. The maximum Gasteiger partial charge on any atom is 0.325 e. The number of methoxy groups -OCH3 is 1. The summed E-state index contributed by atoms with van der Waals surface area (Å²) in [4.78, 5) is 89.6. The van der Waals surface area contributed by atoms with Gasteiger partial charge in [-0.15, -0.1) is 0 Å². The summed E-state index contributed by atoms with van der Waals surface area (Å²) in [6, 6.07) is 51.7. The second kappa shape index (κ2) is 28.6. The van der Waals surface area contributed by atoms with Crippen LogP contribution in [-0.2, 0) is 19.3 Å². The number of aromatic amines is 6. The van der Waals surface area contributed by atoms with Crippen LogP contribution in [0.4, 0.5) is 0 Å². The maximum atomic E-state index is 12.6. The first-order valence-corrected chi connectivity index (χ1v) is 30.3. The molecule has 3 aromatic heterocycles. The summed E-state index contributed by atoms with van der Waals surface area (Å²) >= 11 is 6.44. The average molecular weight is 1190 g/mol. The molecule has 0 bridgehead atoms. The standard InChI is InChI=1S/C25H26N2O3.C24H23ClN2O2.C24H21N3O2/c1-16-8-13-20(22(14-16)30-2)18-9-11-19(12-10-18)23-21(24(28)27-25(29)26-23)15-17-6-4-3-5-7-17;1-15-7-12-19(21(25)13-15)17-8-10-18(11-9-17)22-20(23(28)27-24(29)26-22)14-16-5-3-2-4-6-16;25-15-19-8-4-5-9-20(19)17-10-12-18(13-11-17)22-21(23(28)27-24(29)26-22)14-16-6-2-1-3-7-16/h3-9,13-14,19H,10-12,15H2,1-2H3,(H2,26,27,28,29);2-8,12-13,18H,9-11,14H2,1H3,(H2,26,27,28,29);1-10,18H,11-14H2,(H2,26,27,28,29). The Bertz CT molecular complexity index is 4490. The first-order valence-electron chi connectivity index (χ1n) is 29.9. The van der Waals surface area contributed by atoms with Crippen LogP contribution >= 0.6 is 11.6 Å². The van der Waals surface area contributed by atoms with E-state index in [2.05, 4.69) is 91.5 Å². The van der Waals surface area contributed by atoms with E-state index < -0.39 is 17.1 Å². The van der Waals surface area contributed by atoms with Gasteiger partial charge in [0.05, 0.1) is 18.7 Å². The van der Waals surface area contributed by atoms with Crippen LogP contribution in [0.2, 0.25) is 5.02 Å². The zero-order valence-corrected chi connectivity index (χ0v) is 50.3. The largest absolute Gasteiger partial charge is 0.496 e. The van der Waals surface area contributed by atoms with Gasteiger partial charge in [-0.05, 0) is 145 Å². The Kier molecular flexibility index (Phi) is 19.9. The molecule has 3 aliphatic carbocycles. The van der Waals surface area contributed by atoms with Crippen molar-refractivity contribution < 1.29 is 4.74 Å². The number of hydrogen-bond acceptors (Lipinski definition) is 8. The topological polar surface area (TPSA) is 230 Å². The molecule has 0 aliphatic heterocycles. The minimum atomic E-state index is -0.466. The molecule has 6 aromatic carbocycles. The lowest BCUT2D eigenvalue weighted by Gasteiger charge is -2.24. The average Bonchev–Trinajstić information content (AvgIpc) is 2.13. The third-order valence-corrected chi connectivity index (χ3v) is 17.2. The van der Waals surface area contributed by atoms with Gasteiger partial charge in [0, 0.05) is 81.4 Å². The molecule has 3 heterocycles. The Balaban J connectivity index is 0.000000146. The van der Waals surface area contributed by atoms with Crippen molar-refractivity contribution in [1.82, 2.24) is 29.9 Å². The lowest BCUT2D eigenvalue weighted by Crippen LogP contribution is -2.30. The lowest BCUT2D eigenvalue weighted by molar-refractivity contribution is 0.412. The molecule has 0 radical (unpaired) electrons. The molecule has 3 atom stereocenters. The van der Waals surface area contributed by atoms with E-state index in [4.69, 9.17) is 16.3 Å². The van der Waals surface area contributed by atoms with E-state index in [1.54, 1.807) is 7.11 Å². The highest BCUT2D eigenvalue weighted by molar-refractivity contribution is 6.32. The van der Waals surface area contributed by atoms with Gasteiger partial charge in [0.1, 0.15) is 5.75 Å². The SMILES string of the molecule is COc1cc(C)ccc1C1=CCC(c2[nH]c(=O)[nH]c(=O)c2Cc2ccccc2)CC1.Cc1ccc(C2=CCC(c3[nH]c(=O)[nH]c(=O)c3Cc3ccccc3)CC2)c(Cl)c1.N#Cc1ccccc1C1=CCC(c2[nH]c(=O)[nH]c(=O)c2Cc2ccccc2)CC1. The van der Waals surface area contributed by atoms with Gasteiger partial charge in [0.25, 0.3) is 16.7 Å². The van der Waals surface area contributed by atoms with Crippen LogP contribution < -0.4 is 38.5 Å². The Labute approximate surface area is 514 Å². The first kappa shape index (κ1) is 61.3. The van der Waals surface area contributed by atoms with Crippen LogP contribution in [0.3, 0.4) is 0 Å². The molecule has 0 fully saturated rings. The summed E-state index contributed by atoms with van der Waals surface area (Å²) in [6.45, 7) is 4.08. The second-order valence-electron chi connectivity index (χ2n) is 22.8. The monoisotopic (exact) mass is 1190 g/mol. The molecule has 9 aromatic rings. The zero-order valence-electron chi connectivity index (χ0n) is 49.6. The molecule has 0 saturated carbocycles. The number of allylic oxidation sites excluding steroid dienone is 6. The van der Waals surface area contributed by atoms with Crippen molar-refractivity contribution in [1.29, 1.82) is 5.26 Å². The van der Waals surface area contributed by atoms with Gasteiger partial charge in [0.15, 0.2) is 0 Å². The van der Waals surface area contributed by atoms with Gasteiger partial charge in [-0.25, -0.2) is 14.4 Å². The number of rotatable bonds is 13. The number of halogens is 1. The molecule has 88 heavy (non-hydrogen) atoms. The number of nitrogens with one attached hydrogen (secondary N) is 6. The summed E-state index contributed by atoms with van der Waals surface area (Å²) in [7, 11) is 1.70. The third-order valence-electron chi connectivity index (χ3n) is 16.9. The van der Waals surface area contributed by atoms with Gasteiger partial charge in [-0.3, -0.25) is 29.3 Å². The number of aryl methyl sites for hydroxylation is 2. The Morgan fingerprint density at radius 3 is 1.19 bits per heavy atom. The molecular formula is C73H70ClN7O7. The van der Waals surface area contributed by atoms with Crippen molar-refractivity contribution in [3.8, 4) is 11.8 Å². The summed E-state index contributed by atoms with van der Waals surface area (Å²) in [6.07, 6.45) is 15.3. The molecule has 0 spiro atoms. The molecule has 6 N–H and O–H groups in total. The highest BCUT2D eigenvalue weighted by atomic mass is 35.5. The van der Waals surface area contributed by atoms with Crippen molar-refractivity contribution in [2.75, 3.05) is 7.11 Å². The number of nitrogens with zero attached hydrogens (tertiary/aromatic N) is 1. The van der Waals surface area contributed by atoms with Crippen molar-refractivity contribution in [2.45, 2.75) is 109 Å². The minimum absolute atomic E-state index is 0.0710. The van der Waals surface area contributed by atoms with E-state index in [1.165, 1.54) is 11.1 Å². The number of nitriles is 1. The maximum absolute atomic E-state index is 12.6. The van der Waals surface area contributed by atoms with Crippen LogP contribution in [0.1, 0.15) is 159 Å². The van der Waals surface area contributed by atoms with Gasteiger partial charge in [-0.2, -0.15) is 5.26 Å². The molecule has 12 rings (SSSR count). The van der Waals surface area contributed by atoms with Crippen molar-refractivity contribution in [3.63, 3.8) is 0 Å². The lowest BCUT2D eigenvalue weighted by atomic mass is 9.82. The van der Waals surface area contributed by atoms with Crippen molar-refractivity contribution in [3.05, 3.63) is 321 Å². The quantitative estimate of drug-likeness (QED) is 0.0649. The molecule has 0 saturated heterocycles. The first-order chi connectivity index (χ1) is 42.7. The predicted molar refractivity (Wildman–Crippen MR) is 350 cm³/mol. The van der Waals surface area contributed by atoms with Crippen LogP contribution in [0, 0.1) is 25.2 Å². The Morgan fingerprint density at radius 1 is 0.455 bits per heavy atom. The van der Waals surface area contributed by atoms with Crippen LogP contribution in [-0.4, -0.2) is 37.0 Å². The van der Waals surface area contributed by atoms with E-state index >= 15 is 0 Å². The highest BCUT2D eigenvalue weighted by Gasteiger charge is 2.27. The smallest absolute Gasteiger partial charge is 0.325 e. The predicted octanol–water partition coefficient (Wildman–Crippen LogP) is 13.2. The number of hydrogen-bond donors (Lipinski definition) is 6. The van der Waals surface area contributed by atoms with Crippen molar-refractivity contribution >= 4 is 28.3 Å². The normalized spacial score (nSPS) is 16.3. The van der Waals surface area contributed by atoms with Gasteiger partial charge >= 0.3 is 17.1 Å². The molecule has 3 unspecified atom stereocenters. The summed E-state index contributed by atoms with van der Waals surface area (Å²) < 4.78 is 5.57. The third kappa shape index (κ3) is 15.0. The number of ether oxygens (including phenoxy) is 1. The van der Waals surface area contributed by atoms with Crippen molar-refractivity contribution in [2.24, 2.45) is 0 Å². The molecule has 15 heteroatoms. The minimum Gasteiger partial charge on any atom is -0.496 e. The second-order valence-corrected chi connectivity index (χ2v) is 23.2. The molecule has 14 nitrogen and oxygen atoms in total. The van der Waals surface area contributed by atoms with Crippen LogP contribution in [0.25, 0.3) is 16.7 Å². The zero-order chi connectivity index (χ0) is 61.7. The van der Waals surface area contributed by atoms with E-state index in [9.17, 15) is 34.0 Å². The van der Waals surface area contributed by atoms with E-state index in [0.29, 0.717) is 41.5 Å². The highest BCUT2D eigenvalue weighted by Crippen LogP contribution is 2.41. The molecule has 0 amide bonds.